The molecule has 120 valence electrons. The monoisotopic (exact) mass is 304 g/mol. The van der Waals surface area contributed by atoms with Gasteiger partial charge in [0.05, 0.1) is 19.0 Å². The minimum Gasteiger partial charge on any atom is -0.481 e. The van der Waals surface area contributed by atoms with Gasteiger partial charge in [-0.1, -0.05) is 0 Å². The second-order valence-corrected chi connectivity index (χ2v) is 4.64. The van der Waals surface area contributed by atoms with Crippen molar-refractivity contribution in [2.45, 2.75) is 13.3 Å². The van der Waals surface area contributed by atoms with Crippen LogP contribution >= 0.6 is 0 Å². The summed E-state index contributed by atoms with van der Waals surface area (Å²) in [5.41, 5.74) is 0. The summed E-state index contributed by atoms with van der Waals surface area (Å²) in [6.07, 6.45) is -0.173. The predicted octanol–water partition coefficient (Wildman–Crippen LogP) is -1.27. The van der Waals surface area contributed by atoms with Crippen LogP contribution < -0.4 is 5.32 Å². The fourth-order valence-corrected chi connectivity index (χ4v) is 1.75. The number of rotatable bonds is 12. The molecule has 0 amide bonds. The molecule has 0 aliphatic carbocycles. The van der Waals surface area contributed by atoms with Crippen molar-refractivity contribution >= 4 is 23.7 Å². The van der Waals surface area contributed by atoms with E-state index in [2.05, 4.69) is 5.32 Å². The molecule has 9 heteroatoms. The first-order valence-electron chi connectivity index (χ1n) is 6.31. The number of carboxylic acid groups (broad SMARTS) is 3. The van der Waals surface area contributed by atoms with Crippen LogP contribution in [0.4, 0.5) is 0 Å². The summed E-state index contributed by atoms with van der Waals surface area (Å²) in [6, 6.07) is 0. The molecule has 0 rings (SSSR count). The van der Waals surface area contributed by atoms with Crippen molar-refractivity contribution in [2.24, 2.45) is 5.92 Å². The van der Waals surface area contributed by atoms with Crippen molar-refractivity contribution in [3.63, 3.8) is 0 Å². The zero-order valence-corrected chi connectivity index (χ0v) is 11.7. The molecule has 0 aromatic rings. The number of nitrogens with one attached hydrogen (secondary N) is 1. The average Bonchev–Trinajstić information content (AvgIpc) is 2.31. The molecular weight excluding hydrogens is 284 g/mol. The van der Waals surface area contributed by atoms with Gasteiger partial charge in [-0.15, -0.1) is 0 Å². The summed E-state index contributed by atoms with van der Waals surface area (Å²) in [5, 5.41) is 28.9. The molecule has 0 heterocycles. The fourth-order valence-electron chi connectivity index (χ4n) is 1.75. The zero-order chi connectivity index (χ0) is 16.4. The van der Waals surface area contributed by atoms with E-state index in [-0.39, 0.29) is 44.9 Å². The number of hydrogen-bond acceptors (Lipinski definition) is 6. The Morgan fingerprint density at radius 1 is 1.10 bits per heavy atom. The summed E-state index contributed by atoms with van der Waals surface area (Å²) in [7, 11) is 0. The van der Waals surface area contributed by atoms with Crippen LogP contribution in [0.25, 0.3) is 0 Å². The van der Waals surface area contributed by atoms with E-state index in [1.165, 1.54) is 11.8 Å². The van der Waals surface area contributed by atoms with Gasteiger partial charge in [0.25, 0.3) is 0 Å². The topological polar surface area (TPSA) is 144 Å². The van der Waals surface area contributed by atoms with Gasteiger partial charge >= 0.3 is 17.9 Å². The maximum absolute atomic E-state index is 11.1. The lowest BCUT2D eigenvalue weighted by Gasteiger charge is -2.23. The third kappa shape index (κ3) is 10.4. The van der Waals surface area contributed by atoms with Gasteiger partial charge in [0.2, 0.25) is 0 Å². The third-order valence-electron chi connectivity index (χ3n) is 2.60. The van der Waals surface area contributed by atoms with Gasteiger partial charge in [-0.3, -0.25) is 19.3 Å². The van der Waals surface area contributed by atoms with E-state index in [0.717, 1.165) is 0 Å². The number of ketones is 1. The summed E-state index contributed by atoms with van der Waals surface area (Å²) < 4.78 is 0. The van der Waals surface area contributed by atoms with Gasteiger partial charge in [0.15, 0.2) is 0 Å². The maximum Gasteiger partial charge on any atom is 0.317 e. The van der Waals surface area contributed by atoms with E-state index in [0.29, 0.717) is 0 Å². The van der Waals surface area contributed by atoms with E-state index in [9.17, 15) is 19.2 Å². The highest BCUT2D eigenvalue weighted by molar-refractivity contribution is 5.82. The van der Waals surface area contributed by atoms with Gasteiger partial charge in [0.1, 0.15) is 5.78 Å². The van der Waals surface area contributed by atoms with Crippen molar-refractivity contribution in [2.75, 3.05) is 32.7 Å². The van der Waals surface area contributed by atoms with Crippen LogP contribution in [0, 0.1) is 5.92 Å². The van der Waals surface area contributed by atoms with Crippen LogP contribution in [-0.2, 0) is 19.2 Å². The number of nitrogens with zero attached hydrogens (tertiary/aromatic N) is 1. The van der Waals surface area contributed by atoms with Gasteiger partial charge in [0, 0.05) is 26.1 Å². The number of carbonyl (C=O) groups is 4. The second kappa shape index (κ2) is 9.83. The molecule has 21 heavy (non-hydrogen) atoms. The molecule has 0 fully saturated rings. The molecule has 0 saturated carbocycles. The van der Waals surface area contributed by atoms with Gasteiger partial charge < -0.3 is 25.4 Å². The van der Waals surface area contributed by atoms with Crippen molar-refractivity contribution < 1.29 is 34.5 Å². The molecule has 1 atom stereocenters. The lowest BCUT2D eigenvalue weighted by molar-refractivity contribution is -0.146. The minimum atomic E-state index is -1.17. The summed E-state index contributed by atoms with van der Waals surface area (Å²) in [4.78, 5) is 44.5. The Morgan fingerprint density at radius 2 is 1.71 bits per heavy atom. The summed E-state index contributed by atoms with van der Waals surface area (Å²) in [5.74, 6) is -4.61. The maximum atomic E-state index is 11.1. The van der Waals surface area contributed by atoms with Crippen molar-refractivity contribution in [1.29, 1.82) is 0 Å². The molecule has 0 aliphatic heterocycles. The Balaban J connectivity index is 4.49. The smallest absolute Gasteiger partial charge is 0.317 e. The number of aliphatic carboxylic acids is 3. The minimum absolute atomic E-state index is 0.0873. The highest BCUT2D eigenvalue weighted by Crippen LogP contribution is 2.07. The molecule has 9 nitrogen and oxygen atoms in total. The average molecular weight is 304 g/mol. The molecule has 1 unspecified atom stereocenters. The number of Topliss-reactive ketones (excluding diaryl/α,β-unsaturated/α-hetero) is 1. The Bertz CT molecular complexity index is 397. The van der Waals surface area contributed by atoms with Gasteiger partial charge in [-0.25, -0.2) is 0 Å². The van der Waals surface area contributed by atoms with Crippen LogP contribution in [0.2, 0.25) is 0 Å². The van der Waals surface area contributed by atoms with Crippen molar-refractivity contribution in [3.05, 3.63) is 0 Å². The van der Waals surface area contributed by atoms with Crippen LogP contribution in [-0.4, -0.2) is 76.6 Å². The second-order valence-electron chi connectivity index (χ2n) is 4.64. The van der Waals surface area contributed by atoms with Crippen LogP contribution in [0.1, 0.15) is 13.3 Å². The molecule has 0 radical (unpaired) electrons. The van der Waals surface area contributed by atoms with E-state index in [1.54, 1.807) is 0 Å². The molecule has 0 aromatic carbocycles. The lowest BCUT2D eigenvalue weighted by Crippen LogP contribution is -2.41. The van der Waals surface area contributed by atoms with Crippen LogP contribution in [0.15, 0.2) is 0 Å². The van der Waals surface area contributed by atoms with Crippen molar-refractivity contribution in [3.8, 4) is 0 Å². The molecule has 4 N–H and O–H groups in total. The lowest BCUT2D eigenvalue weighted by atomic mass is 10.0. The van der Waals surface area contributed by atoms with E-state index in [4.69, 9.17) is 15.3 Å². The Hall–Kier alpha value is -2.00. The molecule has 0 aliphatic rings. The normalized spacial score (nSPS) is 12.1. The Kier molecular flexibility index (Phi) is 8.90. The first-order chi connectivity index (χ1) is 9.72. The van der Waals surface area contributed by atoms with Crippen molar-refractivity contribution in [1.82, 2.24) is 10.2 Å². The third-order valence-corrected chi connectivity index (χ3v) is 2.60. The van der Waals surface area contributed by atoms with Crippen LogP contribution in [0.3, 0.4) is 0 Å². The van der Waals surface area contributed by atoms with E-state index >= 15 is 0 Å². The van der Waals surface area contributed by atoms with E-state index < -0.39 is 23.8 Å². The number of carbonyl (C=O) groups excluding carboxylic acids is 1. The molecular formula is C12H20N2O7. The van der Waals surface area contributed by atoms with Gasteiger partial charge in [-0.2, -0.15) is 0 Å². The molecule has 0 spiro atoms. The largest absolute Gasteiger partial charge is 0.481 e. The molecule has 0 bridgehead atoms. The standard InChI is InChI=1S/C12H20N2O7/c1-8(15)4-9(12(20)21)6-14(7-11(18)19)3-2-13-5-10(16)17/h9,13H,2-7H2,1H3,(H,16,17)(H,18,19)(H,20,21). The highest BCUT2D eigenvalue weighted by atomic mass is 16.4. The first-order valence-corrected chi connectivity index (χ1v) is 6.31. The summed E-state index contributed by atoms with van der Waals surface area (Å²) in [6.45, 7) is 0.905. The van der Waals surface area contributed by atoms with E-state index in [1.807, 2.05) is 0 Å². The van der Waals surface area contributed by atoms with Gasteiger partial charge in [-0.05, 0) is 6.92 Å². The Labute approximate surface area is 121 Å². The quantitative estimate of drug-likeness (QED) is 0.324. The number of hydrogen-bond donors (Lipinski definition) is 4. The molecule has 0 saturated heterocycles. The summed E-state index contributed by atoms with van der Waals surface area (Å²) >= 11 is 0. The van der Waals surface area contributed by atoms with Crippen LogP contribution in [0.5, 0.6) is 0 Å². The SMILES string of the molecule is CC(=O)CC(CN(CCNCC(=O)O)CC(=O)O)C(=O)O. The highest BCUT2D eigenvalue weighted by Gasteiger charge is 2.23. The first kappa shape index (κ1) is 19.0. The molecule has 0 aromatic heterocycles. The fraction of sp³-hybridized carbons (Fsp3) is 0.667. The Morgan fingerprint density at radius 3 is 2.14 bits per heavy atom. The number of carboxylic acids is 3. The zero-order valence-electron chi connectivity index (χ0n) is 11.7. The predicted molar refractivity (Wildman–Crippen MR) is 71.0 cm³/mol.